The van der Waals surface area contributed by atoms with Gasteiger partial charge < -0.3 is 5.11 Å². The minimum atomic E-state index is -2.55. The topological polar surface area (TPSA) is 71.4 Å². The minimum absolute atomic E-state index is 0.250. The van der Waals surface area contributed by atoms with Gasteiger partial charge in [0, 0.05) is 0 Å². The van der Waals surface area contributed by atoms with Gasteiger partial charge in [0.1, 0.15) is 9.84 Å². The molecule has 0 aromatic heterocycles. The summed E-state index contributed by atoms with van der Waals surface area (Å²) in [5, 5.41) is 6.89. The molecule has 0 saturated carbocycles. The average Bonchev–Trinajstić information content (AvgIpc) is 2.16. The molecule has 10 heavy (non-hydrogen) atoms. The molecule has 0 radical (unpaired) electrons. The second-order valence-corrected chi connectivity index (χ2v) is 4.27. The van der Waals surface area contributed by atoms with Gasteiger partial charge in [0.2, 0.25) is 0 Å². The second-order valence-electron chi connectivity index (χ2n) is 1.96. The third-order valence-corrected chi connectivity index (χ3v) is 2.98. The van der Waals surface area contributed by atoms with Crippen LogP contribution in [0.1, 0.15) is 12.8 Å². The van der Waals surface area contributed by atoms with E-state index in [1.807, 2.05) is 0 Å². The Balaban J connectivity index is 0.000000236. The summed E-state index contributed by atoms with van der Waals surface area (Å²) in [6.45, 7) is -0.250. The number of rotatable bonds is 0. The highest BCUT2D eigenvalue weighted by Crippen LogP contribution is 2.08. The van der Waals surface area contributed by atoms with Crippen LogP contribution < -0.4 is 0 Å². The molecule has 0 aromatic rings. The Hall–Kier alpha value is -0.580. The zero-order valence-electron chi connectivity index (χ0n) is 5.49. The lowest BCUT2D eigenvalue weighted by Crippen LogP contribution is -1.98. The molecule has 1 saturated heterocycles. The molecule has 1 aliphatic heterocycles. The molecule has 1 N–H and O–H groups in total. The highest BCUT2D eigenvalue weighted by Gasteiger charge is 2.16. The van der Waals surface area contributed by atoms with Crippen LogP contribution in [-0.2, 0) is 14.6 Å². The van der Waals surface area contributed by atoms with Gasteiger partial charge in [-0.25, -0.2) is 8.42 Å². The Morgan fingerprint density at radius 1 is 1.20 bits per heavy atom. The lowest BCUT2D eigenvalue weighted by atomic mass is 10.4. The summed E-state index contributed by atoms with van der Waals surface area (Å²) in [6, 6.07) is 0. The Morgan fingerprint density at radius 3 is 1.60 bits per heavy atom. The first kappa shape index (κ1) is 9.42. The van der Waals surface area contributed by atoms with Crippen molar-refractivity contribution in [1.82, 2.24) is 0 Å². The first-order valence-electron chi connectivity index (χ1n) is 2.90. The van der Waals surface area contributed by atoms with Crippen LogP contribution >= 0.6 is 0 Å². The predicted molar refractivity (Wildman–Crippen MR) is 36.6 cm³/mol. The molecule has 1 aliphatic rings. The normalized spacial score (nSPS) is 20.8. The van der Waals surface area contributed by atoms with Crippen LogP contribution in [0.4, 0.5) is 0 Å². The summed E-state index contributed by atoms with van der Waals surface area (Å²) < 4.78 is 20.9. The third kappa shape index (κ3) is 4.31. The summed E-state index contributed by atoms with van der Waals surface area (Å²) >= 11 is 0. The van der Waals surface area contributed by atoms with Crippen molar-refractivity contribution in [1.29, 1.82) is 0 Å². The number of sulfone groups is 1. The van der Waals surface area contributed by atoms with Gasteiger partial charge in [-0.05, 0) is 12.8 Å². The van der Waals surface area contributed by atoms with Gasteiger partial charge in [0.15, 0.2) is 0 Å². The Labute approximate surface area is 59.8 Å². The van der Waals surface area contributed by atoms with E-state index >= 15 is 0 Å². The van der Waals surface area contributed by atoms with Crippen LogP contribution in [0, 0.1) is 0 Å². The molecular weight excluding hydrogens is 156 g/mol. The van der Waals surface area contributed by atoms with Crippen molar-refractivity contribution in [3.63, 3.8) is 0 Å². The molecule has 1 rings (SSSR count). The maximum absolute atomic E-state index is 10.4. The number of hydrogen-bond acceptors (Lipinski definition) is 3. The Bertz CT molecular complexity index is 170. The standard InChI is InChI=1S/C4H8O2S.CH2O2/c5-7(6)3-1-2-4-7;2-1-3/h1-4H2;1H,(H,2,3). The molecule has 0 spiro atoms. The Kier molecular flexibility index (Phi) is 4.02. The van der Waals surface area contributed by atoms with E-state index in [4.69, 9.17) is 9.90 Å². The number of hydrogen-bond donors (Lipinski definition) is 1. The van der Waals surface area contributed by atoms with Crippen molar-refractivity contribution >= 4 is 16.3 Å². The van der Waals surface area contributed by atoms with E-state index in [9.17, 15) is 8.42 Å². The molecular formula is C5H10O4S. The molecule has 0 amide bonds. The molecule has 0 bridgehead atoms. The minimum Gasteiger partial charge on any atom is -0.483 e. The zero-order chi connectivity index (χ0) is 8.04. The van der Waals surface area contributed by atoms with Crippen LogP contribution in [0.5, 0.6) is 0 Å². The fourth-order valence-corrected chi connectivity index (χ4v) is 2.24. The summed E-state index contributed by atoms with van der Waals surface area (Å²) in [5.74, 6) is 0.847. The monoisotopic (exact) mass is 166 g/mol. The molecule has 0 atom stereocenters. The van der Waals surface area contributed by atoms with E-state index in [2.05, 4.69) is 0 Å². The van der Waals surface area contributed by atoms with E-state index in [0.29, 0.717) is 11.5 Å². The molecule has 0 aliphatic carbocycles. The molecule has 0 aromatic carbocycles. The molecule has 1 fully saturated rings. The van der Waals surface area contributed by atoms with Crippen LogP contribution in [-0.4, -0.2) is 31.5 Å². The van der Waals surface area contributed by atoms with Gasteiger partial charge in [-0.1, -0.05) is 0 Å². The van der Waals surface area contributed by atoms with Crippen molar-refractivity contribution in [2.24, 2.45) is 0 Å². The smallest absolute Gasteiger partial charge is 0.290 e. The fraction of sp³-hybridized carbons (Fsp3) is 0.800. The summed E-state index contributed by atoms with van der Waals surface area (Å²) in [7, 11) is -2.55. The average molecular weight is 166 g/mol. The summed E-state index contributed by atoms with van der Waals surface area (Å²) in [6.07, 6.45) is 1.75. The maximum atomic E-state index is 10.4. The van der Waals surface area contributed by atoms with E-state index in [1.54, 1.807) is 0 Å². The predicted octanol–water partition coefficient (Wildman–Crippen LogP) is -0.104. The quantitative estimate of drug-likeness (QED) is 0.510. The highest BCUT2D eigenvalue weighted by molar-refractivity contribution is 7.91. The largest absolute Gasteiger partial charge is 0.483 e. The van der Waals surface area contributed by atoms with Gasteiger partial charge >= 0.3 is 0 Å². The molecule has 4 nitrogen and oxygen atoms in total. The van der Waals surface area contributed by atoms with Crippen molar-refractivity contribution in [3.8, 4) is 0 Å². The molecule has 0 unspecified atom stereocenters. The Morgan fingerprint density at radius 2 is 1.50 bits per heavy atom. The van der Waals surface area contributed by atoms with Gasteiger partial charge in [-0.15, -0.1) is 0 Å². The van der Waals surface area contributed by atoms with Crippen LogP contribution in [0.25, 0.3) is 0 Å². The van der Waals surface area contributed by atoms with E-state index in [1.165, 1.54) is 0 Å². The van der Waals surface area contributed by atoms with E-state index < -0.39 is 9.84 Å². The lowest BCUT2D eigenvalue weighted by Gasteiger charge is -1.81. The third-order valence-electron chi connectivity index (χ3n) is 1.16. The molecule has 1 heterocycles. The summed E-state index contributed by atoms with van der Waals surface area (Å²) in [4.78, 5) is 8.36. The van der Waals surface area contributed by atoms with Gasteiger partial charge in [0.25, 0.3) is 6.47 Å². The van der Waals surface area contributed by atoms with Crippen LogP contribution in [0.15, 0.2) is 0 Å². The van der Waals surface area contributed by atoms with E-state index in [-0.39, 0.29) is 6.47 Å². The van der Waals surface area contributed by atoms with Crippen LogP contribution in [0.3, 0.4) is 0 Å². The molecule has 5 heteroatoms. The zero-order valence-corrected chi connectivity index (χ0v) is 6.30. The van der Waals surface area contributed by atoms with E-state index in [0.717, 1.165) is 12.8 Å². The van der Waals surface area contributed by atoms with Crippen molar-refractivity contribution in [2.75, 3.05) is 11.5 Å². The van der Waals surface area contributed by atoms with Gasteiger partial charge in [-0.3, -0.25) is 4.79 Å². The highest BCUT2D eigenvalue weighted by atomic mass is 32.2. The van der Waals surface area contributed by atoms with Crippen molar-refractivity contribution in [3.05, 3.63) is 0 Å². The van der Waals surface area contributed by atoms with Crippen molar-refractivity contribution in [2.45, 2.75) is 12.8 Å². The van der Waals surface area contributed by atoms with Gasteiger partial charge in [0.05, 0.1) is 11.5 Å². The summed E-state index contributed by atoms with van der Waals surface area (Å²) in [5.41, 5.74) is 0. The maximum Gasteiger partial charge on any atom is 0.290 e. The first-order chi connectivity index (χ1) is 4.62. The molecule has 60 valence electrons. The van der Waals surface area contributed by atoms with Crippen LogP contribution in [0.2, 0.25) is 0 Å². The van der Waals surface area contributed by atoms with Crippen molar-refractivity contribution < 1.29 is 18.3 Å². The number of carboxylic acid groups (broad SMARTS) is 1. The SMILES string of the molecule is O=CO.O=S1(=O)CCCC1. The fourth-order valence-electron chi connectivity index (χ4n) is 0.746. The second kappa shape index (κ2) is 4.27. The first-order valence-corrected chi connectivity index (χ1v) is 4.73. The number of carbonyl (C=O) groups is 1. The lowest BCUT2D eigenvalue weighted by molar-refractivity contribution is -0.122. The van der Waals surface area contributed by atoms with Gasteiger partial charge in [-0.2, -0.15) is 0 Å².